The van der Waals surface area contributed by atoms with Gasteiger partial charge < -0.3 is 14.2 Å². The molecule has 0 saturated heterocycles. The van der Waals surface area contributed by atoms with Crippen LogP contribution < -0.4 is 14.2 Å². The molecular formula is C24H16O3. The first kappa shape index (κ1) is 16.6. The molecule has 0 bridgehead atoms. The fraction of sp³-hybridized carbons (Fsp3) is 0.0833. The van der Waals surface area contributed by atoms with Crippen LogP contribution in [0.3, 0.4) is 0 Å². The number of fused-ring (bicyclic) bond motifs is 1. The Balaban J connectivity index is 1.52. The molecule has 3 aromatic carbocycles. The van der Waals surface area contributed by atoms with Crippen LogP contribution in [0.2, 0.25) is 0 Å². The van der Waals surface area contributed by atoms with E-state index < -0.39 is 0 Å². The molecule has 130 valence electrons. The summed E-state index contributed by atoms with van der Waals surface area (Å²) in [6.45, 7) is 0.265. The monoisotopic (exact) mass is 352 g/mol. The lowest BCUT2D eigenvalue weighted by Gasteiger charge is -1.97. The van der Waals surface area contributed by atoms with Crippen molar-refractivity contribution < 1.29 is 14.2 Å². The van der Waals surface area contributed by atoms with Crippen molar-refractivity contribution in [2.45, 2.75) is 0 Å². The number of benzene rings is 3. The van der Waals surface area contributed by atoms with Crippen LogP contribution in [0.4, 0.5) is 0 Å². The van der Waals surface area contributed by atoms with E-state index in [1.807, 2.05) is 66.7 Å². The summed E-state index contributed by atoms with van der Waals surface area (Å²) in [4.78, 5) is 0. The van der Waals surface area contributed by atoms with Crippen LogP contribution in [0.5, 0.6) is 17.2 Å². The Bertz CT molecular complexity index is 1090. The Morgan fingerprint density at radius 1 is 0.667 bits per heavy atom. The zero-order valence-corrected chi connectivity index (χ0v) is 14.8. The molecule has 0 N–H and O–H groups in total. The second-order valence-corrected chi connectivity index (χ2v) is 5.88. The van der Waals surface area contributed by atoms with Gasteiger partial charge in [0.15, 0.2) is 11.5 Å². The Kier molecular flexibility index (Phi) is 4.68. The van der Waals surface area contributed by atoms with Crippen LogP contribution in [-0.4, -0.2) is 13.9 Å². The van der Waals surface area contributed by atoms with Crippen LogP contribution >= 0.6 is 0 Å². The Labute approximate surface area is 158 Å². The third kappa shape index (κ3) is 4.06. The van der Waals surface area contributed by atoms with Crippen molar-refractivity contribution in [3.8, 4) is 40.9 Å². The van der Waals surface area contributed by atoms with Gasteiger partial charge in [-0.3, -0.25) is 0 Å². The second-order valence-electron chi connectivity index (χ2n) is 5.88. The molecule has 1 aliphatic rings. The van der Waals surface area contributed by atoms with Gasteiger partial charge in [-0.2, -0.15) is 0 Å². The number of hydrogen-bond acceptors (Lipinski definition) is 3. The molecule has 4 rings (SSSR count). The van der Waals surface area contributed by atoms with E-state index in [4.69, 9.17) is 14.2 Å². The first-order valence-electron chi connectivity index (χ1n) is 8.48. The van der Waals surface area contributed by atoms with Gasteiger partial charge in [-0.25, -0.2) is 0 Å². The maximum absolute atomic E-state index is 5.38. The van der Waals surface area contributed by atoms with Gasteiger partial charge in [0.2, 0.25) is 6.79 Å². The molecule has 0 amide bonds. The summed E-state index contributed by atoms with van der Waals surface area (Å²) in [6, 6.07) is 21.3. The van der Waals surface area contributed by atoms with Crippen molar-refractivity contribution in [2.24, 2.45) is 0 Å². The maximum Gasteiger partial charge on any atom is 0.231 e. The van der Waals surface area contributed by atoms with Gasteiger partial charge in [-0.1, -0.05) is 29.7 Å². The van der Waals surface area contributed by atoms with Gasteiger partial charge >= 0.3 is 0 Å². The highest BCUT2D eigenvalue weighted by Gasteiger charge is 2.12. The summed E-state index contributed by atoms with van der Waals surface area (Å²) in [5, 5.41) is 0. The molecule has 1 aliphatic heterocycles. The van der Waals surface area contributed by atoms with Crippen molar-refractivity contribution in [2.75, 3.05) is 13.9 Å². The average molecular weight is 352 g/mol. The van der Waals surface area contributed by atoms with Crippen molar-refractivity contribution in [1.82, 2.24) is 0 Å². The molecule has 0 aromatic heterocycles. The lowest BCUT2D eigenvalue weighted by Crippen LogP contribution is -1.92. The van der Waals surface area contributed by atoms with Crippen molar-refractivity contribution in [3.05, 3.63) is 89.0 Å². The molecular weight excluding hydrogens is 336 g/mol. The normalized spacial score (nSPS) is 11.0. The van der Waals surface area contributed by atoms with Gasteiger partial charge in [-0.15, -0.1) is 0 Å². The van der Waals surface area contributed by atoms with E-state index >= 15 is 0 Å². The minimum atomic E-state index is 0.265. The third-order valence-electron chi connectivity index (χ3n) is 4.03. The summed E-state index contributed by atoms with van der Waals surface area (Å²) in [7, 11) is 1.65. The van der Waals surface area contributed by atoms with Crippen molar-refractivity contribution in [1.29, 1.82) is 0 Å². The molecule has 0 fully saturated rings. The fourth-order valence-corrected chi connectivity index (χ4v) is 2.61. The molecule has 0 aliphatic carbocycles. The predicted molar refractivity (Wildman–Crippen MR) is 104 cm³/mol. The topological polar surface area (TPSA) is 27.7 Å². The van der Waals surface area contributed by atoms with Gasteiger partial charge in [0.1, 0.15) is 5.75 Å². The van der Waals surface area contributed by atoms with Gasteiger partial charge in [0, 0.05) is 22.3 Å². The van der Waals surface area contributed by atoms with Crippen LogP contribution in [-0.2, 0) is 0 Å². The maximum atomic E-state index is 5.38. The van der Waals surface area contributed by atoms with Gasteiger partial charge in [0.05, 0.1) is 7.11 Å². The zero-order valence-electron chi connectivity index (χ0n) is 14.8. The van der Waals surface area contributed by atoms with E-state index in [0.29, 0.717) is 0 Å². The Morgan fingerprint density at radius 3 is 1.96 bits per heavy atom. The SMILES string of the molecule is COc1ccc(C#Cc2cccc(C#Cc3ccc4c(c3)OCO4)c2)cc1. The van der Waals surface area contributed by atoms with Gasteiger partial charge in [0.25, 0.3) is 0 Å². The van der Waals surface area contributed by atoms with Gasteiger partial charge in [-0.05, 0) is 60.7 Å². The molecule has 27 heavy (non-hydrogen) atoms. The molecule has 3 nitrogen and oxygen atoms in total. The molecule has 0 saturated carbocycles. The highest BCUT2D eigenvalue weighted by molar-refractivity contribution is 5.53. The van der Waals surface area contributed by atoms with E-state index in [9.17, 15) is 0 Å². The minimum absolute atomic E-state index is 0.265. The molecule has 0 spiro atoms. The van der Waals surface area contributed by atoms with E-state index in [1.54, 1.807) is 7.11 Å². The molecule has 0 atom stereocenters. The molecule has 1 heterocycles. The third-order valence-corrected chi connectivity index (χ3v) is 4.03. The zero-order chi connectivity index (χ0) is 18.5. The molecule has 0 unspecified atom stereocenters. The Hall–Kier alpha value is -3.82. The van der Waals surface area contributed by atoms with Crippen LogP contribution in [0.1, 0.15) is 22.3 Å². The number of hydrogen-bond donors (Lipinski definition) is 0. The van der Waals surface area contributed by atoms with Crippen molar-refractivity contribution >= 4 is 0 Å². The highest BCUT2D eigenvalue weighted by atomic mass is 16.7. The van der Waals surface area contributed by atoms with Crippen LogP contribution in [0.15, 0.2) is 66.7 Å². The quantitative estimate of drug-likeness (QED) is 0.614. The fourth-order valence-electron chi connectivity index (χ4n) is 2.61. The number of ether oxygens (including phenoxy) is 3. The number of rotatable bonds is 1. The van der Waals surface area contributed by atoms with Crippen LogP contribution in [0.25, 0.3) is 0 Å². The highest BCUT2D eigenvalue weighted by Crippen LogP contribution is 2.32. The Morgan fingerprint density at radius 2 is 1.26 bits per heavy atom. The summed E-state index contributed by atoms with van der Waals surface area (Å²) < 4.78 is 15.9. The summed E-state index contributed by atoms with van der Waals surface area (Å²) in [6.07, 6.45) is 0. The summed E-state index contributed by atoms with van der Waals surface area (Å²) >= 11 is 0. The lowest BCUT2D eigenvalue weighted by molar-refractivity contribution is 0.174. The van der Waals surface area contributed by atoms with E-state index in [-0.39, 0.29) is 6.79 Å². The largest absolute Gasteiger partial charge is 0.497 e. The molecule has 3 aromatic rings. The summed E-state index contributed by atoms with van der Waals surface area (Å²) in [5.41, 5.74) is 3.65. The van der Waals surface area contributed by atoms with Crippen LogP contribution in [0, 0.1) is 23.7 Å². The van der Waals surface area contributed by atoms with E-state index in [2.05, 4.69) is 23.7 Å². The molecule has 0 radical (unpaired) electrons. The van der Waals surface area contributed by atoms with E-state index in [0.717, 1.165) is 39.5 Å². The second kappa shape index (κ2) is 7.60. The van der Waals surface area contributed by atoms with Crippen molar-refractivity contribution in [3.63, 3.8) is 0 Å². The predicted octanol–water partition coefficient (Wildman–Crippen LogP) is 4.22. The lowest BCUT2D eigenvalue weighted by atomic mass is 10.1. The standard InChI is InChI=1S/C24H16O3/c1-25-22-12-9-18(10-13-22)5-6-19-3-2-4-20(15-19)7-8-21-11-14-23-24(16-21)27-17-26-23/h2-4,9-16H,17H2,1H3. The smallest absolute Gasteiger partial charge is 0.231 e. The molecule has 3 heteroatoms. The first-order valence-corrected chi connectivity index (χ1v) is 8.48. The summed E-state index contributed by atoms with van der Waals surface area (Å²) in [5.74, 6) is 15.0. The first-order chi connectivity index (χ1) is 13.3. The minimum Gasteiger partial charge on any atom is -0.497 e. The average Bonchev–Trinajstić information content (AvgIpc) is 3.19. The number of methoxy groups -OCH3 is 1. The van der Waals surface area contributed by atoms with E-state index in [1.165, 1.54) is 0 Å².